The zero-order valence-corrected chi connectivity index (χ0v) is 26.5. The third-order valence-electron chi connectivity index (χ3n) is 9.85. The van der Waals surface area contributed by atoms with Crippen molar-refractivity contribution in [3.8, 4) is 17.2 Å². The van der Waals surface area contributed by atoms with Gasteiger partial charge in [-0.15, -0.1) is 0 Å². The minimum atomic E-state index is -1.46. The fraction of sp³-hybridized carbons (Fsp3) is 0.543. The number of allylic oxidation sites excluding steroid dienone is 3. The van der Waals surface area contributed by atoms with Gasteiger partial charge >= 0.3 is 0 Å². The molecule has 1 saturated heterocycles. The molecule has 8 heteroatoms. The minimum absolute atomic E-state index is 0.0990. The first-order valence-corrected chi connectivity index (χ1v) is 15.0. The fourth-order valence-electron chi connectivity index (χ4n) is 7.93. The minimum Gasteiger partial charge on any atom is -0.506 e. The van der Waals surface area contributed by atoms with Crippen LogP contribution in [0.5, 0.6) is 17.2 Å². The lowest BCUT2D eigenvalue weighted by atomic mass is 9.51. The molecule has 1 aromatic rings. The van der Waals surface area contributed by atoms with Crippen LogP contribution in [0, 0.1) is 11.8 Å². The first kappa shape index (κ1) is 29.9. The van der Waals surface area contributed by atoms with Crippen LogP contribution in [0.15, 0.2) is 41.0 Å². The first-order chi connectivity index (χ1) is 20.1. The summed E-state index contributed by atoms with van der Waals surface area (Å²) in [6.07, 6.45) is 9.90. The normalized spacial score (nSPS) is 30.7. The van der Waals surface area contributed by atoms with Crippen molar-refractivity contribution in [1.82, 2.24) is 0 Å². The number of carbonyl (C=O) groups excluding carboxylic acids is 2. The van der Waals surface area contributed by atoms with Crippen molar-refractivity contribution in [2.75, 3.05) is 14.2 Å². The van der Waals surface area contributed by atoms with Gasteiger partial charge in [-0.3, -0.25) is 9.59 Å². The Morgan fingerprint density at radius 2 is 1.77 bits per heavy atom. The van der Waals surface area contributed by atoms with E-state index in [9.17, 15) is 14.7 Å². The molecule has 1 saturated carbocycles. The van der Waals surface area contributed by atoms with E-state index in [0.717, 1.165) is 11.1 Å². The second-order valence-electron chi connectivity index (χ2n) is 13.8. The Labute approximate surface area is 253 Å². The lowest BCUT2D eigenvalue weighted by Crippen LogP contribution is -2.72. The maximum atomic E-state index is 14.7. The highest BCUT2D eigenvalue weighted by Crippen LogP contribution is 2.68. The highest BCUT2D eigenvalue weighted by Gasteiger charge is 2.81. The van der Waals surface area contributed by atoms with Crippen molar-refractivity contribution >= 4 is 17.6 Å². The number of methoxy groups -OCH3 is 2. The van der Waals surface area contributed by atoms with E-state index in [1.54, 1.807) is 20.3 Å². The number of ketones is 2. The van der Waals surface area contributed by atoms with Crippen molar-refractivity contribution in [2.45, 2.75) is 96.4 Å². The molecular formula is C35H42O8. The zero-order chi connectivity index (χ0) is 31.3. The van der Waals surface area contributed by atoms with E-state index in [4.69, 9.17) is 23.7 Å². The van der Waals surface area contributed by atoms with Crippen LogP contribution in [0.3, 0.4) is 0 Å². The van der Waals surface area contributed by atoms with E-state index in [0.29, 0.717) is 35.3 Å². The van der Waals surface area contributed by atoms with Gasteiger partial charge in [0.1, 0.15) is 28.4 Å². The number of aromatic hydroxyl groups is 1. The Balaban J connectivity index is 1.62. The number of fused-ring (bicyclic) bond motifs is 2. The smallest absolute Gasteiger partial charge is 0.200 e. The van der Waals surface area contributed by atoms with Crippen LogP contribution >= 0.6 is 0 Å². The number of hydrogen-bond acceptors (Lipinski definition) is 8. The number of benzene rings is 1. The van der Waals surface area contributed by atoms with Crippen LogP contribution in [-0.4, -0.2) is 59.6 Å². The number of hydrogen-bond donors (Lipinski definition) is 1. The number of carbonyl (C=O) groups is 2. The molecule has 6 aliphatic rings. The maximum absolute atomic E-state index is 14.7. The number of ether oxygens (including phenoxy) is 5. The van der Waals surface area contributed by atoms with E-state index in [1.807, 2.05) is 72.8 Å². The summed E-state index contributed by atoms with van der Waals surface area (Å²) >= 11 is 0. The Morgan fingerprint density at radius 3 is 2.42 bits per heavy atom. The van der Waals surface area contributed by atoms with Crippen molar-refractivity contribution < 1.29 is 38.4 Å². The van der Waals surface area contributed by atoms with Gasteiger partial charge in [-0.05, 0) is 79.0 Å². The largest absolute Gasteiger partial charge is 0.506 e. The van der Waals surface area contributed by atoms with Crippen LogP contribution in [0.4, 0.5) is 0 Å². The lowest BCUT2D eigenvalue weighted by Gasteiger charge is -2.56. The molecule has 3 aliphatic heterocycles. The summed E-state index contributed by atoms with van der Waals surface area (Å²) in [5.41, 5.74) is -0.780. The molecule has 230 valence electrons. The molecule has 4 atom stereocenters. The highest BCUT2D eigenvalue weighted by atomic mass is 16.7. The second kappa shape index (κ2) is 9.65. The molecule has 43 heavy (non-hydrogen) atoms. The van der Waals surface area contributed by atoms with Crippen LogP contribution in [0.25, 0.3) is 6.08 Å². The number of rotatable bonds is 7. The predicted molar refractivity (Wildman–Crippen MR) is 161 cm³/mol. The lowest BCUT2D eigenvalue weighted by molar-refractivity contribution is -0.171. The van der Waals surface area contributed by atoms with E-state index in [-0.39, 0.29) is 41.0 Å². The van der Waals surface area contributed by atoms with Crippen LogP contribution < -0.4 is 9.47 Å². The zero-order valence-electron chi connectivity index (χ0n) is 26.5. The molecule has 3 heterocycles. The molecule has 2 fully saturated rings. The van der Waals surface area contributed by atoms with Crippen LogP contribution in [0.1, 0.15) is 82.8 Å². The Bertz CT molecular complexity index is 1550. The summed E-state index contributed by atoms with van der Waals surface area (Å²) in [6, 6.07) is 0. The first-order valence-electron chi connectivity index (χ1n) is 15.0. The number of phenols is 1. The SMILES string of the molecule is COC(OC)C(C)=CC[C@@]12OC(C)(C)[C@@H]3C[C@@H](C=C4C(=O)c5c(O)c6c(c(CC=C(C)C)c5O[C@]431)OC(C)(C)C=C6)C2=O. The molecule has 0 amide bonds. The molecule has 0 aromatic heterocycles. The summed E-state index contributed by atoms with van der Waals surface area (Å²) in [4.78, 5) is 29.1. The summed E-state index contributed by atoms with van der Waals surface area (Å²) in [5, 5.41) is 11.6. The van der Waals surface area contributed by atoms with Gasteiger partial charge < -0.3 is 28.8 Å². The highest BCUT2D eigenvalue weighted by molar-refractivity contribution is 6.19. The van der Waals surface area contributed by atoms with Gasteiger partial charge in [-0.2, -0.15) is 0 Å². The van der Waals surface area contributed by atoms with Crippen molar-refractivity contribution in [3.05, 3.63) is 57.7 Å². The van der Waals surface area contributed by atoms with Crippen molar-refractivity contribution in [1.29, 1.82) is 0 Å². The topological polar surface area (TPSA) is 101 Å². The molecule has 4 bridgehead atoms. The molecule has 3 aliphatic carbocycles. The molecular weight excluding hydrogens is 548 g/mol. The molecule has 8 nitrogen and oxygen atoms in total. The average molecular weight is 591 g/mol. The van der Waals surface area contributed by atoms with Crippen molar-refractivity contribution in [3.63, 3.8) is 0 Å². The summed E-state index contributed by atoms with van der Waals surface area (Å²) < 4.78 is 31.4. The molecule has 7 rings (SSSR count). The third-order valence-corrected chi connectivity index (χ3v) is 9.85. The number of Topliss-reactive ketones (excluding diaryl/α,β-unsaturated/α-hetero) is 2. The fourth-order valence-corrected chi connectivity index (χ4v) is 7.93. The summed E-state index contributed by atoms with van der Waals surface area (Å²) in [5.74, 6) is -0.655. The van der Waals surface area contributed by atoms with Gasteiger partial charge in [0, 0.05) is 43.6 Å². The monoisotopic (exact) mass is 590 g/mol. The summed E-state index contributed by atoms with van der Waals surface area (Å²) in [6.45, 7) is 13.7. The second-order valence-corrected chi connectivity index (χ2v) is 13.8. The molecule has 1 spiro atoms. The molecule has 0 radical (unpaired) electrons. The Hall–Kier alpha value is -3.20. The van der Waals surface area contributed by atoms with Crippen LogP contribution in [0.2, 0.25) is 0 Å². The van der Waals surface area contributed by atoms with Crippen LogP contribution in [-0.2, 0) is 25.4 Å². The molecule has 1 aromatic carbocycles. The molecule has 1 N–H and O–H groups in total. The Kier molecular flexibility index (Phi) is 6.70. The number of phenolic OH excluding ortho intramolecular Hbond substituents is 1. The van der Waals surface area contributed by atoms with Gasteiger partial charge in [-0.25, -0.2) is 0 Å². The van der Waals surface area contributed by atoms with Gasteiger partial charge in [0.2, 0.25) is 0 Å². The Morgan fingerprint density at radius 1 is 1.07 bits per heavy atom. The van der Waals surface area contributed by atoms with Gasteiger partial charge in [0.15, 0.2) is 29.1 Å². The van der Waals surface area contributed by atoms with Crippen molar-refractivity contribution in [2.24, 2.45) is 11.8 Å². The van der Waals surface area contributed by atoms with E-state index in [1.165, 1.54) is 0 Å². The van der Waals surface area contributed by atoms with E-state index in [2.05, 4.69) is 0 Å². The van der Waals surface area contributed by atoms with Gasteiger partial charge in [-0.1, -0.05) is 23.8 Å². The summed E-state index contributed by atoms with van der Waals surface area (Å²) in [7, 11) is 3.11. The molecule has 0 unspecified atom stereocenters. The van der Waals surface area contributed by atoms with Gasteiger partial charge in [0.25, 0.3) is 0 Å². The predicted octanol–water partition coefficient (Wildman–Crippen LogP) is 6.05. The van der Waals surface area contributed by atoms with Gasteiger partial charge in [0.05, 0.1) is 11.2 Å². The van der Waals surface area contributed by atoms with E-state index >= 15 is 0 Å². The average Bonchev–Trinajstić information content (AvgIpc) is 3.08. The quantitative estimate of drug-likeness (QED) is 0.303. The standard InChI is InChI=1S/C35H42O8/c1-18(2)10-11-22-28-21(13-14-32(4,5)41-28)26(36)25-27(37)23-16-20-17-24-33(6,7)43-34(30(20)38,35(23,24)42-29(22)25)15-12-19(3)31(39-8)40-9/h10,12-14,16,20,24,31,36H,11,15,17H2,1-9H3/t20-,24+,34+,35-/m1/s1. The third kappa shape index (κ3) is 3.99. The van der Waals surface area contributed by atoms with E-state index < -0.39 is 34.6 Å². The maximum Gasteiger partial charge on any atom is 0.200 e.